The molecule has 0 radical (unpaired) electrons. The quantitative estimate of drug-likeness (QED) is 0.335. The van der Waals surface area contributed by atoms with Gasteiger partial charge in [-0.25, -0.2) is 0 Å². The van der Waals surface area contributed by atoms with Crippen LogP contribution in [0.15, 0.2) is 78.9 Å². The topological polar surface area (TPSA) is 97.9 Å². The molecular formula is C26H29N3O5. The third kappa shape index (κ3) is 8.48. The Morgan fingerprint density at radius 3 is 2.18 bits per heavy atom. The number of benzene rings is 3. The summed E-state index contributed by atoms with van der Waals surface area (Å²) in [4.78, 5) is 24.4. The van der Waals surface area contributed by atoms with Crippen molar-refractivity contribution in [2.45, 2.75) is 0 Å². The molecule has 3 rings (SSSR count). The van der Waals surface area contributed by atoms with Crippen LogP contribution in [0.4, 0.5) is 11.4 Å². The van der Waals surface area contributed by atoms with Gasteiger partial charge in [-0.1, -0.05) is 24.3 Å². The van der Waals surface area contributed by atoms with Crippen molar-refractivity contribution >= 4 is 23.2 Å². The Kier molecular flexibility index (Phi) is 9.76. The lowest BCUT2D eigenvalue weighted by atomic mass is 10.2. The van der Waals surface area contributed by atoms with Gasteiger partial charge in [-0.3, -0.25) is 9.59 Å². The highest BCUT2D eigenvalue weighted by molar-refractivity contribution is 5.98. The van der Waals surface area contributed by atoms with Crippen LogP contribution in [0.2, 0.25) is 0 Å². The molecule has 0 aromatic heterocycles. The number of carbonyl (C=O) groups is 2. The van der Waals surface area contributed by atoms with E-state index in [1.165, 1.54) is 0 Å². The fourth-order valence-corrected chi connectivity index (χ4v) is 3.00. The summed E-state index contributed by atoms with van der Waals surface area (Å²) in [7, 11) is 1.57. The summed E-state index contributed by atoms with van der Waals surface area (Å²) in [6.07, 6.45) is 0. The van der Waals surface area contributed by atoms with Crippen molar-refractivity contribution in [1.29, 1.82) is 0 Å². The largest absolute Gasteiger partial charge is 0.490 e. The summed E-state index contributed by atoms with van der Waals surface area (Å²) >= 11 is 0. The second-order valence-electron chi connectivity index (χ2n) is 7.27. The number of nitrogens with one attached hydrogen (secondary N) is 3. The highest BCUT2D eigenvalue weighted by atomic mass is 16.5. The van der Waals surface area contributed by atoms with Crippen LogP contribution in [0.3, 0.4) is 0 Å². The second-order valence-corrected chi connectivity index (χ2v) is 7.27. The highest BCUT2D eigenvalue weighted by Crippen LogP contribution is 2.16. The van der Waals surface area contributed by atoms with E-state index >= 15 is 0 Å². The van der Waals surface area contributed by atoms with Crippen molar-refractivity contribution in [1.82, 2.24) is 5.32 Å². The van der Waals surface area contributed by atoms with E-state index in [0.717, 1.165) is 11.4 Å². The van der Waals surface area contributed by atoms with Crippen LogP contribution in [0.25, 0.3) is 0 Å². The fourth-order valence-electron chi connectivity index (χ4n) is 3.00. The van der Waals surface area contributed by atoms with Crippen molar-refractivity contribution in [2.75, 3.05) is 50.7 Å². The molecule has 0 aliphatic heterocycles. The van der Waals surface area contributed by atoms with Crippen LogP contribution in [-0.2, 0) is 9.53 Å². The molecule has 34 heavy (non-hydrogen) atoms. The molecule has 178 valence electrons. The lowest BCUT2D eigenvalue weighted by Crippen LogP contribution is -2.27. The second kappa shape index (κ2) is 13.5. The molecule has 0 fully saturated rings. The Morgan fingerprint density at radius 1 is 0.765 bits per heavy atom. The SMILES string of the molecule is COCCNC(=O)c1cccc(NC(=O)CNc2ccc(OCCOc3ccccc3)cc2)c1. The Balaban J connectivity index is 1.38. The van der Waals surface area contributed by atoms with Gasteiger partial charge < -0.3 is 30.2 Å². The highest BCUT2D eigenvalue weighted by Gasteiger charge is 2.08. The number of hydrogen-bond donors (Lipinski definition) is 3. The third-order valence-corrected chi connectivity index (χ3v) is 4.67. The van der Waals surface area contributed by atoms with Gasteiger partial charge in [0.05, 0.1) is 13.2 Å². The summed E-state index contributed by atoms with van der Waals surface area (Å²) in [5, 5.41) is 8.60. The number of ether oxygens (including phenoxy) is 3. The molecule has 0 spiro atoms. The maximum Gasteiger partial charge on any atom is 0.251 e. The molecule has 3 aromatic rings. The van der Waals surface area contributed by atoms with Crippen molar-refractivity contribution in [2.24, 2.45) is 0 Å². The number of para-hydroxylation sites is 1. The molecule has 0 aliphatic carbocycles. The van der Waals surface area contributed by atoms with Gasteiger partial charge in [0.25, 0.3) is 5.91 Å². The van der Waals surface area contributed by atoms with E-state index in [4.69, 9.17) is 14.2 Å². The van der Waals surface area contributed by atoms with Gasteiger partial charge in [0.15, 0.2) is 0 Å². The summed E-state index contributed by atoms with van der Waals surface area (Å²) in [5.74, 6) is 1.07. The molecule has 0 bridgehead atoms. The molecular weight excluding hydrogens is 434 g/mol. The van der Waals surface area contributed by atoms with E-state index in [9.17, 15) is 9.59 Å². The van der Waals surface area contributed by atoms with Crippen LogP contribution < -0.4 is 25.4 Å². The molecule has 0 heterocycles. The van der Waals surface area contributed by atoms with E-state index in [1.807, 2.05) is 54.6 Å². The van der Waals surface area contributed by atoms with Crippen LogP contribution in [0, 0.1) is 0 Å². The molecule has 0 aliphatic rings. The van der Waals surface area contributed by atoms with Crippen molar-refractivity contribution in [3.8, 4) is 11.5 Å². The van der Waals surface area contributed by atoms with E-state index in [1.54, 1.807) is 31.4 Å². The first-order chi connectivity index (χ1) is 16.6. The summed E-state index contributed by atoms with van der Waals surface area (Å²) in [5.41, 5.74) is 1.80. The maximum atomic E-state index is 12.3. The van der Waals surface area contributed by atoms with Gasteiger partial charge in [0.2, 0.25) is 5.91 Å². The van der Waals surface area contributed by atoms with Gasteiger partial charge in [-0.15, -0.1) is 0 Å². The van der Waals surface area contributed by atoms with Crippen LogP contribution in [0.1, 0.15) is 10.4 Å². The predicted octanol–water partition coefficient (Wildman–Crippen LogP) is 3.57. The van der Waals surface area contributed by atoms with Crippen molar-refractivity contribution in [3.63, 3.8) is 0 Å². The summed E-state index contributed by atoms with van der Waals surface area (Å²) in [6.45, 7) is 1.80. The Hall–Kier alpha value is -4.04. The van der Waals surface area contributed by atoms with Crippen molar-refractivity contribution in [3.05, 3.63) is 84.4 Å². The minimum absolute atomic E-state index is 0.0788. The predicted molar refractivity (Wildman–Crippen MR) is 132 cm³/mol. The molecule has 2 amide bonds. The first kappa shape index (κ1) is 24.6. The molecule has 3 aromatic carbocycles. The standard InChI is InChI=1S/C26H29N3O5/c1-32-15-14-27-26(31)20-6-5-7-22(18-20)29-25(30)19-28-21-10-12-24(13-11-21)34-17-16-33-23-8-3-2-4-9-23/h2-13,18,28H,14-17,19H2,1H3,(H,27,31)(H,29,30). The molecule has 0 unspecified atom stereocenters. The molecule has 0 atom stereocenters. The normalized spacial score (nSPS) is 10.3. The Bertz CT molecular complexity index is 1040. The number of amides is 2. The monoisotopic (exact) mass is 463 g/mol. The number of rotatable bonds is 13. The van der Waals surface area contributed by atoms with Gasteiger partial charge in [0, 0.05) is 30.6 Å². The average molecular weight is 464 g/mol. The first-order valence-corrected chi connectivity index (χ1v) is 11.0. The van der Waals surface area contributed by atoms with Crippen LogP contribution in [-0.4, -0.2) is 51.8 Å². The lowest BCUT2D eigenvalue weighted by molar-refractivity contribution is -0.114. The molecule has 8 nitrogen and oxygen atoms in total. The molecule has 3 N–H and O–H groups in total. The molecule has 0 saturated heterocycles. The smallest absolute Gasteiger partial charge is 0.251 e. The number of anilines is 2. The number of carbonyl (C=O) groups excluding carboxylic acids is 2. The Labute approximate surface area is 199 Å². The van der Waals surface area contributed by atoms with Gasteiger partial charge in [0.1, 0.15) is 24.7 Å². The van der Waals surface area contributed by atoms with E-state index in [2.05, 4.69) is 16.0 Å². The zero-order chi connectivity index (χ0) is 24.0. The molecule has 8 heteroatoms. The number of hydrogen-bond acceptors (Lipinski definition) is 6. The minimum Gasteiger partial charge on any atom is -0.490 e. The van der Waals surface area contributed by atoms with E-state index < -0.39 is 0 Å². The zero-order valence-electron chi connectivity index (χ0n) is 19.1. The van der Waals surface area contributed by atoms with Crippen LogP contribution >= 0.6 is 0 Å². The fraction of sp³-hybridized carbons (Fsp3) is 0.231. The summed E-state index contributed by atoms with van der Waals surface area (Å²) < 4.78 is 16.2. The first-order valence-electron chi connectivity index (χ1n) is 11.0. The van der Waals surface area contributed by atoms with E-state index in [0.29, 0.717) is 43.4 Å². The third-order valence-electron chi connectivity index (χ3n) is 4.67. The number of methoxy groups -OCH3 is 1. The van der Waals surface area contributed by atoms with E-state index in [-0.39, 0.29) is 18.4 Å². The maximum absolute atomic E-state index is 12.3. The summed E-state index contributed by atoms with van der Waals surface area (Å²) in [6, 6.07) is 23.7. The Morgan fingerprint density at radius 2 is 1.47 bits per heavy atom. The zero-order valence-corrected chi connectivity index (χ0v) is 19.1. The van der Waals surface area contributed by atoms with Crippen molar-refractivity contribution < 1.29 is 23.8 Å². The van der Waals surface area contributed by atoms with Crippen LogP contribution in [0.5, 0.6) is 11.5 Å². The minimum atomic E-state index is -0.227. The molecule has 0 saturated carbocycles. The van der Waals surface area contributed by atoms with Gasteiger partial charge in [-0.2, -0.15) is 0 Å². The van der Waals surface area contributed by atoms with Gasteiger partial charge >= 0.3 is 0 Å². The lowest BCUT2D eigenvalue weighted by Gasteiger charge is -2.11. The van der Waals surface area contributed by atoms with Gasteiger partial charge in [-0.05, 0) is 54.6 Å². The average Bonchev–Trinajstić information content (AvgIpc) is 2.87.